The molecule has 1 aromatic heterocycles. The van der Waals surface area contributed by atoms with Crippen molar-refractivity contribution in [3.05, 3.63) is 119 Å². The van der Waals surface area contributed by atoms with Crippen LogP contribution in [0.15, 0.2) is 91.3 Å². The van der Waals surface area contributed by atoms with Crippen LogP contribution < -0.4 is 36.1 Å². The molecule has 1 atom stereocenters. The van der Waals surface area contributed by atoms with E-state index < -0.39 is 35.5 Å². The van der Waals surface area contributed by atoms with E-state index in [1.807, 2.05) is 24.3 Å². The molecule has 0 bridgehead atoms. The fourth-order valence-corrected chi connectivity index (χ4v) is 6.95. The summed E-state index contributed by atoms with van der Waals surface area (Å²) in [4.78, 5) is 55.3. The second kappa shape index (κ2) is 13.4. The molecule has 4 N–H and O–H groups in total. The molecule has 0 radical (unpaired) electrons. The molecule has 4 amide bonds. The number of pyridine rings is 1. The van der Waals surface area contributed by atoms with Gasteiger partial charge in [0.1, 0.15) is 23.6 Å². The molecule has 4 heterocycles. The number of halogens is 1. The fraction of sp³-hybridized carbons (Fsp3) is 0.256. The molecule has 4 aromatic rings. The number of nitrogens with zero attached hydrogens (tertiary/aromatic N) is 3. The van der Waals surface area contributed by atoms with Crippen LogP contribution in [0.1, 0.15) is 71.4 Å². The largest absolute Gasteiger partial charge is 0.490 e. The van der Waals surface area contributed by atoms with Crippen LogP contribution in [0.5, 0.6) is 17.4 Å². The summed E-state index contributed by atoms with van der Waals surface area (Å²) < 4.78 is 26.5. The van der Waals surface area contributed by atoms with E-state index in [1.165, 1.54) is 6.07 Å². The predicted octanol–water partition coefficient (Wildman–Crippen LogP) is 5.06. The van der Waals surface area contributed by atoms with Crippen molar-refractivity contribution < 1.29 is 33.0 Å². The van der Waals surface area contributed by atoms with Gasteiger partial charge < -0.3 is 20.2 Å². The molecule has 3 aromatic carbocycles. The Balaban J connectivity index is 0.842. The van der Waals surface area contributed by atoms with E-state index in [0.29, 0.717) is 17.3 Å². The molecular weight excluding hydrogens is 681 g/mol. The lowest BCUT2D eigenvalue weighted by Gasteiger charge is -2.36. The number of rotatable bonds is 10. The van der Waals surface area contributed by atoms with Gasteiger partial charge in [-0.3, -0.25) is 29.4 Å². The molecule has 14 heteroatoms. The molecule has 13 nitrogen and oxygen atoms in total. The normalized spacial score (nSPS) is 20.8. The van der Waals surface area contributed by atoms with Crippen LogP contribution in [-0.4, -0.2) is 51.7 Å². The smallest absolute Gasteiger partial charge is 0.262 e. The third-order valence-electron chi connectivity index (χ3n) is 10.1. The van der Waals surface area contributed by atoms with Crippen molar-refractivity contribution in [2.24, 2.45) is 0 Å². The van der Waals surface area contributed by atoms with Crippen molar-refractivity contribution >= 4 is 35.1 Å². The number of hydrogen-bond donors (Lipinski definition) is 4. The van der Waals surface area contributed by atoms with Gasteiger partial charge in [-0.25, -0.2) is 9.40 Å². The van der Waals surface area contributed by atoms with Gasteiger partial charge in [0.15, 0.2) is 11.6 Å². The number of imide groups is 2. The Labute approximate surface area is 304 Å². The monoisotopic (exact) mass is 717 g/mol. The number of anilines is 2. The van der Waals surface area contributed by atoms with Gasteiger partial charge in [0.2, 0.25) is 11.8 Å². The zero-order valence-corrected chi connectivity index (χ0v) is 28.9. The zero-order valence-electron chi connectivity index (χ0n) is 28.9. The van der Waals surface area contributed by atoms with Gasteiger partial charge in [-0.05, 0) is 72.1 Å². The van der Waals surface area contributed by atoms with E-state index in [9.17, 15) is 23.6 Å². The minimum absolute atomic E-state index is 0.0133. The molecule has 1 saturated carbocycles. The van der Waals surface area contributed by atoms with Crippen molar-refractivity contribution in [1.29, 1.82) is 0 Å². The lowest BCUT2D eigenvalue weighted by atomic mass is 9.78. The third-order valence-corrected chi connectivity index (χ3v) is 10.1. The molecule has 0 spiro atoms. The highest BCUT2D eigenvalue weighted by molar-refractivity contribution is 6.23. The minimum atomic E-state index is -0.997. The Hall–Kier alpha value is -6.28. The molecule has 1 saturated heterocycles. The van der Waals surface area contributed by atoms with Gasteiger partial charge in [0.05, 0.1) is 11.1 Å². The molecule has 1 unspecified atom stereocenters. The van der Waals surface area contributed by atoms with E-state index in [2.05, 4.69) is 52.6 Å². The summed E-state index contributed by atoms with van der Waals surface area (Å²) in [5.74, 6) is -1.10. The number of aromatic nitrogens is 1. The molecule has 4 aliphatic rings. The highest BCUT2D eigenvalue weighted by Crippen LogP contribution is 2.36. The maximum Gasteiger partial charge on any atom is 0.262 e. The van der Waals surface area contributed by atoms with E-state index >= 15 is 0 Å². The second-order valence-electron chi connectivity index (χ2n) is 13.9. The Kier molecular flexibility index (Phi) is 8.53. The summed E-state index contributed by atoms with van der Waals surface area (Å²) in [6.07, 6.45) is 5.11. The lowest BCUT2D eigenvalue weighted by molar-refractivity contribution is -0.136. The quantitative estimate of drug-likeness (QED) is 0.163. The van der Waals surface area contributed by atoms with Gasteiger partial charge >= 0.3 is 0 Å². The summed E-state index contributed by atoms with van der Waals surface area (Å²) in [7, 11) is 0. The first-order chi connectivity index (χ1) is 25.5. The molecule has 53 heavy (non-hydrogen) atoms. The first kappa shape index (κ1) is 33.8. The second-order valence-corrected chi connectivity index (χ2v) is 13.9. The molecule has 1 aliphatic carbocycles. The number of benzene rings is 3. The van der Waals surface area contributed by atoms with Crippen LogP contribution in [0.25, 0.3) is 0 Å². The number of fused-ring (bicyclic) bond motifs is 1. The van der Waals surface area contributed by atoms with Gasteiger partial charge in [-0.15, -0.1) is 5.53 Å². The summed E-state index contributed by atoms with van der Waals surface area (Å²) in [5.41, 5.74) is 8.66. The van der Waals surface area contributed by atoms with E-state index in [4.69, 9.17) is 9.47 Å². The average Bonchev–Trinajstić information content (AvgIpc) is 3.76. The third kappa shape index (κ3) is 6.53. The first-order valence-electron chi connectivity index (χ1n) is 17.3. The van der Waals surface area contributed by atoms with E-state index in [-0.39, 0.29) is 47.4 Å². The number of hydrogen-bond acceptors (Lipinski definition) is 11. The molecule has 270 valence electrons. The molecule has 8 rings (SSSR count). The number of carbonyl (C=O) groups is 4. The number of ether oxygens (including phenoxy) is 2. The van der Waals surface area contributed by atoms with Crippen LogP contribution in [0.4, 0.5) is 15.9 Å². The molecular formula is C39H36FN7O6. The number of piperidine rings is 1. The van der Waals surface area contributed by atoms with Gasteiger partial charge in [0.25, 0.3) is 17.7 Å². The van der Waals surface area contributed by atoms with Crippen molar-refractivity contribution in [1.82, 2.24) is 26.2 Å². The summed E-state index contributed by atoms with van der Waals surface area (Å²) in [5, 5.41) is 7.24. The molecule has 2 fully saturated rings. The van der Waals surface area contributed by atoms with Crippen molar-refractivity contribution in [3.8, 4) is 17.4 Å². The number of amides is 4. The van der Waals surface area contributed by atoms with Crippen LogP contribution >= 0.6 is 0 Å². The lowest BCUT2D eigenvalue weighted by Crippen LogP contribution is -2.54. The van der Waals surface area contributed by atoms with E-state index in [1.54, 1.807) is 53.8 Å². The Bertz CT molecular complexity index is 2150. The molecule has 3 aliphatic heterocycles. The highest BCUT2D eigenvalue weighted by atomic mass is 19.1. The van der Waals surface area contributed by atoms with Crippen LogP contribution in [0.3, 0.4) is 0 Å². The maximum atomic E-state index is 14.5. The Morgan fingerprint density at radius 2 is 1.57 bits per heavy atom. The maximum absolute atomic E-state index is 14.5. The van der Waals surface area contributed by atoms with Crippen molar-refractivity contribution in [2.45, 2.75) is 63.1 Å². The average molecular weight is 718 g/mol. The summed E-state index contributed by atoms with van der Waals surface area (Å²) in [6, 6.07) is 22.5. The number of nitrogens with one attached hydrogen (secondary N) is 4. The number of hydrazine groups is 2. The summed E-state index contributed by atoms with van der Waals surface area (Å²) >= 11 is 0. The first-order valence-corrected chi connectivity index (χ1v) is 17.3. The topological polar surface area (TPSA) is 154 Å². The van der Waals surface area contributed by atoms with Crippen LogP contribution in [0.2, 0.25) is 0 Å². The standard InChI is InChI=1S/C39H36FN7O6/c1-39(2,23-5-10-27(11-6-23)53-36-31(40)13-15-33(43-36)46-18-17-41-45-46)22-3-8-26(9-4-22)52-28-19-25(20-28)42-24-7-12-29-30(21-24)38(51)47(37(29)50)32-14-16-34(48)44-35(32)49/h3-13,15,17-18,21,25,28,32,41-42,45H,14,16,19-20H2,1-2H3,(H,44,48,49)/t25-,28-,32?. The fourth-order valence-electron chi connectivity index (χ4n) is 6.95. The predicted molar refractivity (Wildman–Crippen MR) is 191 cm³/mol. The Morgan fingerprint density at radius 3 is 2.25 bits per heavy atom. The minimum Gasteiger partial charge on any atom is -0.490 e. The SMILES string of the molecule is CC(C)(c1ccc(Oc2nc(N3C=CNN3)ccc2F)cc1)c1ccc(O[C@H]2C[C@H](Nc3ccc4c(c3)C(=O)N(C3CCC(=O)NC3=O)C4=O)C2)cc1. The zero-order chi connectivity index (χ0) is 36.9. The van der Waals surface area contributed by atoms with Crippen LogP contribution in [-0.2, 0) is 15.0 Å². The van der Waals surface area contributed by atoms with Crippen LogP contribution in [0, 0.1) is 5.82 Å². The highest BCUT2D eigenvalue weighted by Gasteiger charge is 2.45. The van der Waals surface area contributed by atoms with Crippen molar-refractivity contribution in [2.75, 3.05) is 10.3 Å². The van der Waals surface area contributed by atoms with E-state index in [0.717, 1.165) is 34.6 Å². The summed E-state index contributed by atoms with van der Waals surface area (Å²) in [6.45, 7) is 4.26. The number of carbonyl (C=O) groups excluding carboxylic acids is 4. The van der Waals surface area contributed by atoms with Gasteiger partial charge in [0, 0.05) is 48.8 Å². The van der Waals surface area contributed by atoms with Crippen molar-refractivity contribution in [3.63, 3.8) is 0 Å². The van der Waals surface area contributed by atoms with Gasteiger partial charge in [-0.1, -0.05) is 38.1 Å². The van der Waals surface area contributed by atoms with Gasteiger partial charge in [-0.2, -0.15) is 4.98 Å². The Morgan fingerprint density at radius 1 is 0.868 bits per heavy atom.